The zero-order valence-corrected chi connectivity index (χ0v) is 19.2. The van der Waals surface area contributed by atoms with Gasteiger partial charge in [-0.25, -0.2) is 0 Å². The zero-order chi connectivity index (χ0) is 21.8. The highest BCUT2D eigenvalue weighted by molar-refractivity contribution is 5.77. The van der Waals surface area contributed by atoms with Gasteiger partial charge in [0.05, 0.1) is 6.04 Å². The molecule has 1 amide bonds. The Morgan fingerprint density at radius 3 is 2.55 bits per heavy atom. The number of hydrogen-bond acceptors (Lipinski definition) is 3. The van der Waals surface area contributed by atoms with Crippen molar-refractivity contribution >= 4 is 5.91 Å². The van der Waals surface area contributed by atoms with Crippen molar-refractivity contribution in [1.29, 1.82) is 0 Å². The lowest BCUT2D eigenvalue weighted by Crippen LogP contribution is -2.45. The van der Waals surface area contributed by atoms with Crippen LogP contribution in [-0.2, 0) is 17.8 Å². The smallest absolute Gasteiger partial charge is 0.224 e. The van der Waals surface area contributed by atoms with Gasteiger partial charge in [-0.15, -0.1) is 0 Å². The number of carbonyl (C=O) groups is 1. The molecule has 0 unspecified atom stereocenters. The molecule has 2 heterocycles. The Morgan fingerprint density at radius 1 is 1.06 bits per heavy atom. The Hall–Kier alpha value is -2.33. The molecule has 0 radical (unpaired) electrons. The molecule has 0 aliphatic carbocycles. The third-order valence-electron chi connectivity index (χ3n) is 7.08. The first-order chi connectivity index (χ1) is 15.0. The molecular weight excluding hydrogens is 384 g/mol. The van der Waals surface area contributed by atoms with Crippen LogP contribution in [0.15, 0.2) is 48.5 Å². The highest BCUT2D eigenvalue weighted by Crippen LogP contribution is 2.29. The van der Waals surface area contributed by atoms with Gasteiger partial charge in [-0.3, -0.25) is 4.79 Å². The van der Waals surface area contributed by atoms with Gasteiger partial charge in [-0.05, 0) is 70.7 Å². The van der Waals surface area contributed by atoms with E-state index in [0.29, 0.717) is 13.0 Å². The number of ether oxygens (including phenoxy) is 1. The standard InChI is InChI=1S/C27H36N2O2/c1-20-9-10-26-25(17-20)19-29(21(2)22(3)31-26)27(30)13-16-28-14-11-24(12-15-28)18-23-7-5-4-6-8-23/h4-10,17,21-22,24H,11-16,18-19H2,1-3H3/t21-,22+/m1/s1. The van der Waals surface area contributed by atoms with E-state index in [2.05, 4.69) is 68.1 Å². The van der Waals surface area contributed by atoms with Crippen LogP contribution < -0.4 is 4.74 Å². The van der Waals surface area contributed by atoms with Crippen molar-refractivity contribution in [3.63, 3.8) is 0 Å². The number of benzene rings is 2. The minimum Gasteiger partial charge on any atom is -0.488 e. The molecule has 4 heteroatoms. The summed E-state index contributed by atoms with van der Waals surface area (Å²) in [6.45, 7) is 9.96. The minimum absolute atomic E-state index is 0.0124. The predicted octanol–water partition coefficient (Wildman–Crippen LogP) is 4.84. The van der Waals surface area contributed by atoms with Crippen LogP contribution in [0.3, 0.4) is 0 Å². The van der Waals surface area contributed by atoms with Crippen LogP contribution in [0, 0.1) is 12.8 Å². The normalized spacial score (nSPS) is 22.5. The molecule has 0 N–H and O–H groups in total. The quantitative estimate of drug-likeness (QED) is 0.694. The fourth-order valence-electron chi connectivity index (χ4n) is 4.90. The molecule has 1 fully saturated rings. The summed E-state index contributed by atoms with van der Waals surface area (Å²) in [5, 5.41) is 0. The number of fused-ring (bicyclic) bond motifs is 1. The van der Waals surface area contributed by atoms with Crippen molar-refractivity contribution < 1.29 is 9.53 Å². The SMILES string of the molecule is Cc1ccc2c(c1)CN(C(=O)CCN1CCC(Cc3ccccc3)CC1)[C@H](C)[C@H](C)O2. The summed E-state index contributed by atoms with van der Waals surface area (Å²) in [4.78, 5) is 17.7. The summed E-state index contributed by atoms with van der Waals surface area (Å²) in [6.07, 6.45) is 4.19. The molecule has 31 heavy (non-hydrogen) atoms. The number of carbonyl (C=O) groups excluding carboxylic acids is 1. The number of aryl methyl sites for hydroxylation is 1. The molecule has 2 aromatic carbocycles. The molecule has 0 aromatic heterocycles. The third-order valence-corrected chi connectivity index (χ3v) is 7.08. The number of nitrogens with zero attached hydrogens (tertiary/aromatic N) is 2. The van der Waals surface area contributed by atoms with E-state index in [9.17, 15) is 4.79 Å². The van der Waals surface area contributed by atoms with Crippen molar-refractivity contribution in [3.05, 3.63) is 65.2 Å². The molecule has 4 rings (SSSR count). The second-order valence-electron chi connectivity index (χ2n) is 9.42. The third kappa shape index (κ3) is 5.48. The van der Waals surface area contributed by atoms with E-state index < -0.39 is 0 Å². The fraction of sp³-hybridized carbons (Fsp3) is 0.519. The topological polar surface area (TPSA) is 32.8 Å². The molecule has 2 atom stereocenters. The van der Waals surface area contributed by atoms with Crippen LogP contribution in [0.25, 0.3) is 0 Å². The summed E-state index contributed by atoms with van der Waals surface area (Å²) in [7, 11) is 0. The van der Waals surface area contributed by atoms with E-state index in [1.54, 1.807) is 0 Å². The molecule has 2 aromatic rings. The van der Waals surface area contributed by atoms with E-state index in [4.69, 9.17) is 4.74 Å². The molecule has 166 valence electrons. The van der Waals surface area contributed by atoms with Crippen LogP contribution in [0.5, 0.6) is 5.75 Å². The maximum atomic E-state index is 13.2. The van der Waals surface area contributed by atoms with Crippen molar-refractivity contribution in [2.24, 2.45) is 5.92 Å². The molecule has 0 spiro atoms. The van der Waals surface area contributed by atoms with Gasteiger partial charge in [0.1, 0.15) is 11.9 Å². The largest absolute Gasteiger partial charge is 0.488 e. The lowest BCUT2D eigenvalue weighted by molar-refractivity contribution is -0.135. The minimum atomic E-state index is -0.0124. The Labute approximate surface area is 187 Å². The molecule has 2 aliphatic heterocycles. The molecule has 1 saturated heterocycles. The van der Waals surface area contributed by atoms with E-state index in [0.717, 1.165) is 36.9 Å². The molecule has 0 bridgehead atoms. The lowest BCUT2D eigenvalue weighted by atomic mass is 9.90. The van der Waals surface area contributed by atoms with Crippen molar-refractivity contribution in [2.45, 2.75) is 65.1 Å². The fourth-order valence-corrected chi connectivity index (χ4v) is 4.90. The Balaban J connectivity index is 1.29. The summed E-state index contributed by atoms with van der Waals surface area (Å²) in [5.74, 6) is 1.92. The number of piperidine rings is 1. The van der Waals surface area contributed by atoms with Crippen molar-refractivity contribution in [3.8, 4) is 5.75 Å². The van der Waals surface area contributed by atoms with Crippen LogP contribution in [0.1, 0.15) is 49.8 Å². The predicted molar refractivity (Wildman–Crippen MR) is 125 cm³/mol. The second kappa shape index (κ2) is 9.86. The average molecular weight is 421 g/mol. The molecule has 2 aliphatic rings. The summed E-state index contributed by atoms with van der Waals surface area (Å²) in [6, 6.07) is 17.2. The first-order valence-corrected chi connectivity index (χ1v) is 11.8. The molecular formula is C27H36N2O2. The number of hydrogen-bond donors (Lipinski definition) is 0. The van der Waals surface area contributed by atoms with Crippen LogP contribution in [0.4, 0.5) is 0 Å². The highest BCUT2D eigenvalue weighted by Gasteiger charge is 2.31. The number of likely N-dealkylation sites (tertiary alicyclic amines) is 1. The summed E-state index contributed by atoms with van der Waals surface area (Å²) in [5.41, 5.74) is 3.76. The number of rotatable bonds is 5. The highest BCUT2D eigenvalue weighted by atomic mass is 16.5. The van der Waals surface area contributed by atoms with Crippen LogP contribution in [0.2, 0.25) is 0 Å². The van der Waals surface area contributed by atoms with Gasteiger partial charge in [0.15, 0.2) is 0 Å². The molecule has 4 nitrogen and oxygen atoms in total. The summed E-state index contributed by atoms with van der Waals surface area (Å²) >= 11 is 0. The van der Waals surface area contributed by atoms with Gasteiger partial charge in [0, 0.05) is 25.1 Å². The summed E-state index contributed by atoms with van der Waals surface area (Å²) < 4.78 is 6.16. The number of amides is 1. The van der Waals surface area contributed by atoms with E-state index in [1.165, 1.54) is 30.4 Å². The van der Waals surface area contributed by atoms with Gasteiger partial charge in [0.25, 0.3) is 0 Å². The van der Waals surface area contributed by atoms with Gasteiger partial charge >= 0.3 is 0 Å². The van der Waals surface area contributed by atoms with Crippen LogP contribution in [-0.4, -0.2) is 47.5 Å². The molecule has 0 saturated carbocycles. The lowest BCUT2D eigenvalue weighted by Gasteiger charge is -2.34. The zero-order valence-electron chi connectivity index (χ0n) is 19.2. The first-order valence-electron chi connectivity index (χ1n) is 11.8. The van der Waals surface area contributed by atoms with Crippen LogP contribution >= 0.6 is 0 Å². The maximum absolute atomic E-state index is 13.2. The van der Waals surface area contributed by atoms with Gasteiger partial charge in [-0.2, -0.15) is 0 Å². The first kappa shape index (κ1) is 21.9. The van der Waals surface area contributed by atoms with Gasteiger partial charge in [0.2, 0.25) is 5.91 Å². The van der Waals surface area contributed by atoms with E-state index in [1.807, 2.05) is 11.0 Å². The average Bonchev–Trinajstić information content (AvgIpc) is 2.90. The second-order valence-corrected chi connectivity index (χ2v) is 9.42. The Morgan fingerprint density at radius 2 is 1.81 bits per heavy atom. The maximum Gasteiger partial charge on any atom is 0.224 e. The monoisotopic (exact) mass is 420 g/mol. The van der Waals surface area contributed by atoms with Gasteiger partial charge < -0.3 is 14.5 Å². The Bertz CT molecular complexity index is 874. The van der Waals surface area contributed by atoms with Crippen molar-refractivity contribution in [2.75, 3.05) is 19.6 Å². The van der Waals surface area contributed by atoms with Gasteiger partial charge in [-0.1, -0.05) is 48.0 Å². The van der Waals surface area contributed by atoms with Crippen molar-refractivity contribution in [1.82, 2.24) is 9.80 Å². The Kier molecular flexibility index (Phi) is 6.96. The van der Waals surface area contributed by atoms with E-state index >= 15 is 0 Å². The van der Waals surface area contributed by atoms with E-state index in [-0.39, 0.29) is 18.1 Å².